The summed E-state index contributed by atoms with van der Waals surface area (Å²) in [4.78, 5) is 19.4. The number of ether oxygens (including phenoxy) is 3. The third kappa shape index (κ3) is 4.56. The van der Waals surface area contributed by atoms with Crippen LogP contribution in [0.5, 0.6) is 11.5 Å². The predicted octanol–water partition coefficient (Wildman–Crippen LogP) is 5.80. The minimum absolute atomic E-state index is 0.301. The molecule has 2 aliphatic rings. The summed E-state index contributed by atoms with van der Waals surface area (Å²) in [6.07, 6.45) is 1.93. The molecule has 2 aromatic rings. The first-order valence-corrected chi connectivity index (χ1v) is 11.8. The molecule has 2 heterocycles. The molecule has 0 aromatic heterocycles. The fourth-order valence-electron chi connectivity index (χ4n) is 3.61. The maximum absolute atomic E-state index is 12.8. The van der Waals surface area contributed by atoms with E-state index in [4.69, 9.17) is 14.2 Å². The molecule has 4 rings (SSSR count). The Kier molecular flexibility index (Phi) is 6.91. The lowest BCUT2D eigenvalue weighted by Gasteiger charge is -2.33. The van der Waals surface area contributed by atoms with Gasteiger partial charge in [0.05, 0.1) is 31.0 Å². The van der Waals surface area contributed by atoms with Gasteiger partial charge in [-0.05, 0) is 54.6 Å². The van der Waals surface area contributed by atoms with Gasteiger partial charge in [0, 0.05) is 10.7 Å². The molecule has 0 bridgehead atoms. The molecule has 0 saturated heterocycles. The fraction of sp³-hybridized carbons (Fsp3) is 0.250. The number of fused-ring (bicyclic) bond motifs is 1. The molecular formula is C24H23BrN2O4S. The van der Waals surface area contributed by atoms with Crippen molar-refractivity contribution in [1.29, 1.82) is 0 Å². The first kappa shape index (κ1) is 22.5. The van der Waals surface area contributed by atoms with Crippen molar-refractivity contribution < 1.29 is 19.0 Å². The number of aliphatic imine (C=N–C) groups is 1. The van der Waals surface area contributed by atoms with E-state index in [0.29, 0.717) is 36.0 Å². The number of rotatable bonds is 7. The third-order valence-electron chi connectivity index (χ3n) is 5.13. The number of esters is 1. The second-order valence-corrected chi connectivity index (χ2v) is 8.94. The molecule has 0 radical (unpaired) electrons. The summed E-state index contributed by atoms with van der Waals surface area (Å²) in [5, 5.41) is 2.79. The molecule has 1 atom stereocenters. The van der Waals surface area contributed by atoms with Gasteiger partial charge < -0.3 is 19.1 Å². The fourth-order valence-corrected chi connectivity index (χ4v) is 4.67. The van der Waals surface area contributed by atoms with Gasteiger partial charge in [-0.3, -0.25) is 0 Å². The van der Waals surface area contributed by atoms with E-state index in [1.807, 2.05) is 65.9 Å². The molecule has 166 valence electrons. The van der Waals surface area contributed by atoms with Gasteiger partial charge >= 0.3 is 5.97 Å². The van der Waals surface area contributed by atoms with Gasteiger partial charge in [0.25, 0.3) is 0 Å². The van der Waals surface area contributed by atoms with Crippen molar-refractivity contribution in [3.05, 3.63) is 80.9 Å². The number of nitrogens with zero attached hydrogens (tertiary/aromatic N) is 2. The quantitative estimate of drug-likeness (QED) is 0.434. The number of carbonyl (C=O) groups is 1. The largest absolute Gasteiger partial charge is 0.493 e. The Balaban J connectivity index is 1.65. The second kappa shape index (κ2) is 9.83. The van der Waals surface area contributed by atoms with Crippen molar-refractivity contribution in [1.82, 2.24) is 4.90 Å². The molecule has 2 aliphatic heterocycles. The van der Waals surface area contributed by atoms with Crippen molar-refractivity contribution >= 4 is 38.8 Å². The number of hydrogen-bond donors (Lipinski definition) is 0. The molecule has 0 N–H and O–H groups in total. The van der Waals surface area contributed by atoms with Gasteiger partial charge in [-0.2, -0.15) is 0 Å². The summed E-state index contributed by atoms with van der Waals surface area (Å²) in [6, 6.07) is 13.4. The van der Waals surface area contributed by atoms with Crippen molar-refractivity contribution in [2.24, 2.45) is 4.99 Å². The van der Waals surface area contributed by atoms with E-state index >= 15 is 0 Å². The summed E-state index contributed by atoms with van der Waals surface area (Å²) in [5.41, 5.74) is 3.12. The summed E-state index contributed by atoms with van der Waals surface area (Å²) < 4.78 is 18.0. The van der Waals surface area contributed by atoms with Crippen LogP contribution in [0.2, 0.25) is 0 Å². The number of carbonyl (C=O) groups excluding carboxylic acids is 1. The average molecular weight is 515 g/mol. The average Bonchev–Trinajstić information content (AvgIpc) is 3.25. The first-order chi connectivity index (χ1) is 15.5. The van der Waals surface area contributed by atoms with E-state index < -0.39 is 0 Å². The van der Waals surface area contributed by atoms with Crippen LogP contribution in [-0.2, 0) is 16.1 Å². The van der Waals surface area contributed by atoms with Gasteiger partial charge in [-0.15, -0.1) is 0 Å². The van der Waals surface area contributed by atoms with Crippen molar-refractivity contribution in [2.75, 3.05) is 13.7 Å². The zero-order valence-electron chi connectivity index (χ0n) is 18.0. The van der Waals surface area contributed by atoms with Crippen molar-refractivity contribution in [3.63, 3.8) is 0 Å². The summed E-state index contributed by atoms with van der Waals surface area (Å²) >= 11 is 4.97. The predicted molar refractivity (Wildman–Crippen MR) is 130 cm³/mol. The summed E-state index contributed by atoms with van der Waals surface area (Å²) in [7, 11) is 1.61. The Morgan fingerprint density at radius 2 is 1.97 bits per heavy atom. The van der Waals surface area contributed by atoms with Crippen LogP contribution in [0.15, 0.2) is 74.8 Å². The van der Waals surface area contributed by atoms with Crippen LogP contribution in [-0.4, -0.2) is 29.8 Å². The van der Waals surface area contributed by atoms with Gasteiger partial charge in [0.2, 0.25) is 0 Å². The highest BCUT2D eigenvalue weighted by Crippen LogP contribution is 2.43. The van der Waals surface area contributed by atoms with Gasteiger partial charge in [-0.1, -0.05) is 45.9 Å². The molecule has 2 aromatic carbocycles. The van der Waals surface area contributed by atoms with E-state index in [1.165, 1.54) is 11.8 Å². The number of halogens is 1. The maximum atomic E-state index is 12.8. The molecule has 6 nitrogen and oxygen atoms in total. The van der Waals surface area contributed by atoms with E-state index in [-0.39, 0.29) is 12.0 Å². The smallest absolute Gasteiger partial charge is 0.338 e. The first-order valence-electron chi connectivity index (χ1n) is 10.1. The molecule has 0 aliphatic carbocycles. The number of amidine groups is 1. The number of allylic oxidation sites excluding steroid dienone is 1. The minimum Gasteiger partial charge on any atom is -0.493 e. The van der Waals surface area contributed by atoms with E-state index in [2.05, 4.69) is 20.9 Å². The monoisotopic (exact) mass is 514 g/mol. The molecule has 32 heavy (non-hydrogen) atoms. The Labute approximate surface area is 200 Å². The van der Waals surface area contributed by atoms with E-state index in [9.17, 15) is 4.79 Å². The van der Waals surface area contributed by atoms with Crippen LogP contribution >= 0.6 is 27.7 Å². The molecule has 0 spiro atoms. The molecule has 8 heteroatoms. The highest BCUT2D eigenvalue weighted by Gasteiger charge is 2.37. The van der Waals surface area contributed by atoms with Crippen LogP contribution in [0.25, 0.3) is 0 Å². The number of thioether (sulfide) groups is 1. The van der Waals surface area contributed by atoms with Crippen LogP contribution < -0.4 is 9.47 Å². The summed E-state index contributed by atoms with van der Waals surface area (Å²) in [6.45, 7) is 4.36. The van der Waals surface area contributed by atoms with Crippen LogP contribution in [0.1, 0.15) is 31.0 Å². The van der Waals surface area contributed by atoms with Crippen LogP contribution in [0.4, 0.5) is 0 Å². The van der Waals surface area contributed by atoms with Crippen molar-refractivity contribution in [3.8, 4) is 11.5 Å². The zero-order valence-corrected chi connectivity index (χ0v) is 20.4. The van der Waals surface area contributed by atoms with Crippen molar-refractivity contribution in [2.45, 2.75) is 26.5 Å². The van der Waals surface area contributed by atoms with E-state index in [1.54, 1.807) is 14.0 Å². The molecule has 0 fully saturated rings. The highest BCUT2D eigenvalue weighted by molar-refractivity contribution is 9.10. The van der Waals surface area contributed by atoms with Crippen LogP contribution in [0.3, 0.4) is 0 Å². The molecule has 0 saturated carbocycles. The molecule has 0 amide bonds. The zero-order chi connectivity index (χ0) is 22.7. The lowest BCUT2D eigenvalue weighted by Crippen LogP contribution is -2.34. The topological polar surface area (TPSA) is 60.4 Å². The minimum atomic E-state index is -0.363. The maximum Gasteiger partial charge on any atom is 0.338 e. The summed E-state index contributed by atoms with van der Waals surface area (Å²) in [5.74, 6) is 0.867. The number of hydrogen-bond acceptors (Lipinski definition) is 7. The Hall–Kier alpha value is -2.71. The third-order valence-corrected chi connectivity index (χ3v) is 6.43. The Morgan fingerprint density at radius 1 is 1.19 bits per heavy atom. The lowest BCUT2D eigenvalue weighted by molar-refractivity contribution is -0.139. The van der Waals surface area contributed by atoms with E-state index in [0.717, 1.165) is 20.8 Å². The number of methoxy groups -OCH3 is 1. The normalized spacial score (nSPS) is 17.2. The van der Waals surface area contributed by atoms with Gasteiger partial charge in [0.1, 0.15) is 6.61 Å². The van der Waals surface area contributed by atoms with Gasteiger partial charge in [0.15, 0.2) is 16.7 Å². The SMILES string of the molecule is CCOC(=O)C1=C(C)N=C2SC=CN2[C@@H]1c1ccc(OCc2ccc(Br)cc2)c(OC)c1. The lowest BCUT2D eigenvalue weighted by atomic mass is 9.94. The molecule has 0 unspecified atom stereocenters. The Bertz CT molecular complexity index is 1110. The van der Waals surface area contributed by atoms with Gasteiger partial charge in [-0.25, -0.2) is 9.79 Å². The second-order valence-electron chi connectivity index (χ2n) is 7.15. The standard InChI is InChI=1S/C24H23BrN2O4S/c1-4-30-23(28)21-15(2)26-24-27(11-12-32-24)22(21)17-7-10-19(20(13-17)29-3)31-14-16-5-8-18(25)9-6-16/h5-13,22H,4,14H2,1-3H3/t22-/m1/s1. The molecular weight excluding hydrogens is 492 g/mol. The van der Waals surface area contributed by atoms with Crippen LogP contribution in [0, 0.1) is 0 Å². The number of benzene rings is 2. The highest BCUT2D eigenvalue weighted by atomic mass is 79.9. The Morgan fingerprint density at radius 3 is 2.69 bits per heavy atom.